The van der Waals surface area contributed by atoms with Crippen LogP contribution in [0.5, 0.6) is 0 Å². The number of hydrogen-bond acceptors (Lipinski definition) is 4. The molecule has 5 heteroatoms. The number of nitrogens with one attached hydrogen (secondary N) is 2. The van der Waals surface area contributed by atoms with Crippen molar-refractivity contribution in [1.82, 2.24) is 9.97 Å². The molecule has 3 rings (SSSR count). The lowest BCUT2D eigenvalue weighted by atomic mass is 10.3. The number of H-pyrrole nitrogens is 1. The molecule has 18 heavy (non-hydrogen) atoms. The molecule has 3 aromatic rings. The summed E-state index contributed by atoms with van der Waals surface area (Å²) in [6, 6.07) is 9.93. The van der Waals surface area contributed by atoms with Crippen molar-refractivity contribution in [3.8, 4) is 0 Å². The number of benzene rings is 1. The van der Waals surface area contributed by atoms with Gasteiger partial charge in [-0.05, 0) is 37.3 Å². The fourth-order valence-electron chi connectivity index (χ4n) is 1.86. The topological polar surface area (TPSA) is 66.7 Å². The summed E-state index contributed by atoms with van der Waals surface area (Å²) in [7, 11) is 0. The first-order valence-corrected chi connectivity index (χ1v) is 6.57. The zero-order valence-electron chi connectivity index (χ0n) is 10.0. The van der Waals surface area contributed by atoms with Crippen LogP contribution in [0.15, 0.2) is 30.3 Å². The quantitative estimate of drug-likeness (QED) is 0.632. The average molecular weight is 258 g/mol. The first kappa shape index (κ1) is 11.1. The highest BCUT2D eigenvalue weighted by Crippen LogP contribution is 2.19. The smallest absolute Gasteiger partial charge is 0.201 e. The van der Waals surface area contributed by atoms with Crippen molar-refractivity contribution in [1.29, 1.82) is 0 Å². The second-order valence-electron chi connectivity index (χ2n) is 4.23. The van der Waals surface area contributed by atoms with Crippen molar-refractivity contribution < 1.29 is 0 Å². The largest absolute Gasteiger partial charge is 0.399 e. The van der Waals surface area contributed by atoms with Crippen molar-refractivity contribution in [3.63, 3.8) is 0 Å². The highest BCUT2D eigenvalue weighted by Gasteiger charge is 2.03. The van der Waals surface area contributed by atoms with Crippen LogP contribution in [-0.4, -0.2) is 9.97 Å². The highest BCUT2D eigenvalue weighted by atomic mass is 32.1. The first-order chi connectivity index (χ1) is 8.70. The van der Waals surface area contributed by atoms with Crippen molar-refractivity contribution in [3.05, 3.63) is 40.1 Å². The molecule has 1 aromatic carbocycles. The van der Waals surface area contributed by atoms with Gasteiger partial charge in [-0.1, -0.05) is 0 Å². The fraction of sp³-hybridized carbons (Fsp3) is 0.154. The molecule has 0 saturated heterocycles. The van der Waals surface area contributed by atoms with Crippen molar-refractivity contribution in [2.75, 3.05) is 11.1 Å². The molecule has 0 aliphatic rings. The summed E-state index contributed by atoms with van der Waals surface area (Å²) in [4.78, 5) is 10.3. The summed E-state index contributed by atoms with van der Waals surface area (Å²) in [6.45, 7) is 2.89. The minimum absolute atomic E-state index is 0.742. The third kappa shape index (κ3) is 2.17. The second kappa shape index (κ2) is 4.34. The van der Waals surface area contributed by atoms with Gasteiger partial charge in [-0.2, -0.15) is 0 Å². The normalized spacial score (nSPS) is 10.9. The summed E-state index contributed by atoms with van der Waals surface area (Å²) in [6.07, 6.45) is 0. The second-order valence-corrected chi connectivity index (χ2v) is 5.60. The van der Waals surface area contributed by atoms with E-state index in [2.05, 4.69) is 34.3 Å². The molecule has 0 unspecified atom stereocenters. The van der Waals surface area contributed by atoms with E-state index in [9.17, 15) is 0 Å². The van der Waals surface area contributed by atoms with Gasteiger partial charge in [-0.3, -0.25) is 0 Å². The van der Waals surface area contributed by atoms with E-state index < -0.39 is 0 Å². The Kier molecular flexibility index (Phi) is 2.68. The molecule has 0 spiro atoms. The molecule has 0 saturated carbocycles. The van der Waals surface area contributed by atoms with Gasteiger partial charge in [-0.15, -0.1) is 11.3 Å². The number of hydrogen-bond donors (Lipinski definition) is 3. The predicted molar refractivity (Wildman–Crippen MR) is 76.9 cm³/mol. The molecule has 0 radical (unpaired) electrons. The van der Waals surface area contributed by atoms with Crippen LogP contribution in [-0.2, 0) is 6.54 Å². The number of nitrogens with two attached hydrogens (primary N) is 1. The molecular formula is C13H14N4S. The van der Waals surface area contributed by atoms with Crippen LogP contribution in [0.4, 0.5) is 11.6 Å². The van der Waals surface area contributed by atoms with Gasteiger partial charge < -0.3 is 16.0 Å². The summed E-state index contributed by atoms with van der Waals surface area (Å²) in [5, 5.41) is 3.29. The summed E-state index contributed by atoms with van der Waals surface area (Å²) in [5.41, 5.74) is 8.36. The van der Waals surface area contributed by atoms with Gasteiger partial charge in [0, 0.05) is 15.4 Å². The van der Waals surface area contributed by atoms with E-state index in [-0.39, 0.29) is 0 Å². The lowest BCUT2D eigenvalue weighted by molar-refractivity contribution is 1.13. The monoisotopic (exact) mass is 258 g/mol. The summed E-state index contributed by atoms with van der Waals surface area (Å²) >= 11 is 1.79. The maximum Gasteiger partial charge on any atom is 0.201 e. The Bertz CT molecular complexity index is 683. The van der Waals surface area contributed by atoms with Crippen molar-refractivity contribution in [2.24, 2.45) is 0 Å². The fourth-order valence-corrected chi connectivity index (χ4v) is 2.69. The number of nitrogens with zero attached hydrogens (tertiary/aromatic N) is 1. The Morgan fingerprint density at radius 2 is 2.22 bits per heavy atom. The molecule has 4 N–H and O–H groups in total. The zero-order valence-corrected chi connectivity index (χ0v) is 10.8. The SMILES string of the molecule is Cc1ccc(CNc2nc3ccc(N)cc3[nH]2)s1. The third-order valence-electron chi connectivity index (χ3n) is 2.73. The van der Waals surface area contributed by atoms with Crippen LogP contribution >= 0.6 is 11.3 Å². The van der Waals surface area contributed by atoms with E-state index in [0.29, 0.717) is 0 Å². The third-order valence-corrected chi connectivity index (χ3v) is 3.73. The summed E-state index contributed by atoms with van der Waals surface area (Å²) in [5.74, 6) is 0.779. The molecule has 0 fully saturated rings. The average Bonchev–Trinajstić information content (AvgIpc) is 2.92. The number of fused-ring (bicyclic) bond motifs is 1. The Balaban J connectivity index is 1.78. The maximum absolute atomic E-state index is 5.73. The van der Waals surface area contributed by atoms with Crippen LogP contribution in [0.2, 0.25) is 0 Å². The lowest BCUT2D eigenvalue weighted by Crippen LogP contribution is -1.98. The van der Waals surface area contributed by atoms with Gasteiger partial charge in [0.25, 0.3) is 0 Å². The van der Waals surface area contributed by atoms with Gasteiger partial charge in [0.2, 0.25) is 5.95 Å². The standard InChI is InChI=1S/C13H14N4S/c1-8-2-4-10(18-8)7-15-13-16-11-5-3-9(14)6-12(11)17-13/h2-6H,7,14H2,1H3,(H2,15,16,17). The number of imidazole rings is 1. The molecule has 4 nitrogen and oxygen atoms in total. The Hall–Kier alpha value is -2.01. The van der Waals surface area contributed by atoms with E-state index in [1.165, 1.54) is 9.75 Å². The van der Waals surface area contributed by atoms with Crippen LogP contribution < -0.4 is 11.1 Å². The number of aromatic amines is 1. The molecule has 0 aliphatic carbocycles. The first-order valence-electron chi connectivity index (χ1n) is 5.75. The van der Waals surface area contributed by atoms with E-state index in [1.807, 2.05) is 18.2 Å². The van der Waals surface area contributed by atoms with Crippen molar-refractivity contribution >= 4 is 34.0 Å². The van der Waals surface area contributed by atoms with E-state index in [1.54, 1.807) is 11.3 Å². The lowest BCUT2D eigenvalue weighted by Gasteiger charge is -1.98. The Morgan fingerprint density at radius 3 is 3.00 bits per heavy atom. The summed E-state index contributed by atoms with van der Waals surface area (Å²) < 4.78 is 0. The number of aryl methyl sites for hydroxylation is 1. The number of anilines is 2. The number of aromatic nitrogens is 2. The molecule has 0 bridgehead atoms. The highest BCUT2D eigenvalue weighted by molar-refractivity contribution is 7.11. The van der Waals surface area contributed by atoms with Gasteiger partial charge in [-0.25, -0.2) is 4.98 Å². The predicted octanol–water partition coefficient (Wildman–Crippen LogP) is 3.13. The molecule has 92 valence electrons. The molecule has 0 amide bonds. The van der Waals surface area contributed by atoms with E-state index >= 15 is 0 Å². The number of thiophene rings is 1. The Labute approximate surface area is 109 Å². The molecule has 2 heterocycles. The minimum atomic E-state index is 0.742. The van der Waals surface area contributed by atoms with Crippen LogP contribution in [0.25, 0.3) is 11.0 Å². The zero-order chi connectivity index (χ0) is 12.5. The van der Waals surface area contributed by atoms with Gasteiger partial charge in [0.1, 0.15) is 0 Å². The van der Waals surface area contributed by atoms with Gasteiger partial charge in [0.05, 0.1) is 17.6 Å². The van der Waals surface area contributed by atoms with Crippen molar-refractivity contribution in [2.45, 2.75) is 13.5 Å². The van der Waals surface area contributed by atoms with E-state index in [0.717, 1.165) is 29.2 Å². The Morgan fingerprint density at radius 1 is 1.33 bits per heavy atom. The van der Waals surface area contributed by atoms with Crippen LogP contribution in [0, 0.1) is 6.92 Å². The molecular weight excluding hydrogens is 244 g/mol. The maximum atomic E-state index is 5.73. The molecule has 0 atom stereocenters. The van der Waals surface area contributed by atoms with Gasteiger partial charge in [0.15, 0.2) is 0 Å². The molecule has 2 aromatic heterocycles. The van der Waals surface area contributed by atoms with Gasteiger partial charge >= 0.3 is 0 Å². The molecule has 0 aliphatic heterocycles. The minimum Gasteiger partial charge on any atom is -0.399 e. The van der Waals surface area contributed by atoms with Crippen LogP contribution in [0.3, 0.4) is 0 Å². The number of rotatable bonds is 3. The van der Waals surface area contributed by atoms with Crippen LogP contribution in [0.1, 0.15) is 9.75 Å². The number of nitrogen functional groups attached to an aromatic ring is 1. The van der Waals surface area contributed by atoms with E-state index in [4.69, 9.17) is 5.73 Å².